The van der Waals surface area contributed by atoms with Crippen molar-refractivity contribution in [3.8, 4) is 0 Å². The number of anilines is 1. The van der Waals surface area contributed by atoms with Crippen molar-refractivity contribution < 1.29 is 0 Å². The summed E-state index contributed by atoms with van der Waals surface area (Å²) in [4.78, 5) is 2.37. The molecule has 14 heavy (non-hydrogen) atoms. The van der Waals surface area contributed by atoms with Gasteiger partial charge in [0.2, 0.25) is 0 Å². The van der Waals surface area contributed by atoms with E-state index < -0.39 is 0 Å². The molecule has 0 spiro atoms. The maximum absolute atomic E-state index is 3.64. The topological polar surface area (TPSA) is 3.24 Å². The lowest BCUT2D eigenvalue weighted by atomic mass is 10.1. The number of benzene rings is 1. The summed E-state index contributed by atoms with van der Waals surface area (Å²) in [5.74, 6) is 0. The van der Waals surface area contributed by atoms with Crippen molar-refractivity contribution >= 4 is 21.6 Å². The Bertz CT molecular complexity index is 293. The first-order valence-electron chi connectivity index (χ1n) is 5.11. The highest BCUT2D eigenvalue weighted by molar-refractivity contribution is 9.10. The Kier molecular flexibility index (Phi) is 3.99. The molecule has 0 aromatic heterocycles. The average molecular weight is 256 g/mol. The molecule has 1 nitrogen and oxygen atoms in total. The maximum atomic E-state index is 3.64. The molecule has 0 saturated carbocycles. The van der Waals surface area contributed by atoms with Crippen LogP contribution in [0.3, 0.4) is 0 Å². The Morgan fingerprint density at radius 1 is 1.14 bits per heavy atom. The van der Waals surface area contributed by atoms with Gasteiger partial charge in [0.25, 0.3) is 0 Å². The van der Waals surface area contributed by atoms with E-state index >= 15 is 0 Å². The molecule has 0 heterocycles. The first kappa shape index (κ1) is 11.6. The molecule has 0 saturated heterocycles. The number of hydrogen-bond donors (Lipinski definition) is 0. The van der Waals surface area contributed by atoms with Gasteiger partial charge in [-0.2, -0.15) is 0 Å². The van der Waals surface area contributed by atoms with Crippen LogP contribution in [0.5, 0.6) is 0 Å². The summed E-state index contributed by atoms with van der Waals surface area (Å²) in [7, 11) is 0. The second-order valence-electron chi connectivity index (χ2n) is 3.58. The number of rotatable bonds is 3. The molecular formula is C12H18BrN. The van der Waals surface area contributed by atoms with Crippen LogP contribution in [-0.4, -0.2) is 13.1 Å². The Hall–Kier alpha value is -0.500. The summed E-state index contributed by atoms with van der Waals surface area (Å²) in [6.45, 7) is 10.8. The third kappa shape index (κ3) is 2.30. The van der Waals surface area contributed by atoms with E-state index in [1.807, 2.05) is 0 Å². The molecule has 0 fully saturated rings. The van der Waals surface area contributed by atoms with Gasteiger partial charge in [0.05, 0.1) is 5.69 Å². The molecule has 2 heteroatoms. The molecule has 0 atom stereocenters. The maximum Gasteiger partial charge on any atom is 0.0540 e. The molecule has 1 aromatic rings. The molecule has 0 aliphatic heterocycles. The Balaban J connectivity index is 3.19. The smallest absolute Gasteiger partial charge is 0.0540 e. The van der Waals surface area contributed by atoms with Gasteiger partial charge in [-0.15, -0.1) is 0 Å². The Labute approximate surface area is 95.2 Å². The molecule has 0 unspecified atom stereocenters. The van der Waals surface area contributed by atoms with Crippen LogP contribution in [0, 0.1) is 13.8 Å². The Morgan fingerprint density at radius 3 is 2.14 bits per heavy atom. The molecule has 1 aromatic carbocycles. The first-order chi connectivity index (χ1) is 6.60. The van der Waals surface area contributed by atoms with Crippen molar-refractivity contribution in [3.63, 3.8) is 0 Å². The average Bonchev–Trinajstić information content (AvgIpc) is 2.10. The highest BCUT2D eigenvalue weighted by Gasteiger charge is 2.09. The number of aryl methyl sites for hydroxylation is 2. The van der Waals surface area contributed by atoms with Gasteiger partial charge in [0.1, 0.15) is 0 Å². The van der Waals surface area contributed by atoms with Gasteiger partial charge < -0.3 is 4.90 Å². The van der Waals surface area contributed by atoms with E-state index in [0.717, 1.165) is 13.1 Å². The highest BCUT2D eigenvalue weighted by atomic mass is 79.9. The normalized spacial score (nSPS) is 10.4. The van der Waals surface area contributed by atoms with E-state index in [0.29, 0.717) is 0 Å². The minimum Gasteiger partial charge on any atom is -0.371 e. The molecular weight excluding hydrogens is 238 g/mol. The monoisotopic (exact) mass is 255 g/mol. The number of nitrogens with zero attached hydrogens (tertiary/aromatic N) is 1. The molecule has 0 bridgehead atoms. The van der Waals surface area contributed by atoms with E-state index in [1.54, 1.807) is 0 Å². The summed E-state index contributed by atoms with van der Waals surface area (Å²) in [6, 6.07) is 4.42. The minimum atomic E-state index is 1.05. The zero-order chi connectivity index (χ0) is 10.7. The summed E-state index contributed by atoms with van der Waals surface area (Å²) >= 11 is 3.64. The van der Waals surface area contributed by atoms with E-state index in [1.165, 1.54) is 21.3 Å². The lowest BCUT2D eigenvalue weighted by Crippen LogP contribution is -2.23. The third-order valence-corrected chi connectivity index (χ3v) is 3.08. The summed E-state index contributed by atoms with van der Waals surface area (Å²) in [5.41, 5.74) is 3.99. The van der Waals surface area contributed by atoms with Crippen molar-refractivity contribution in [2.75, 3.05) is 18.0 Å². The van der Waals surface area contributed by atoms with Crippen LogP contribution in [0.4, 0.5) is 5.69 Å². The fourth-order valence-corrected chi connectivity index (χ4v) is 2.77. The van der Waals surface area contributed by atoms with Crippen LogP contribution in [0.15, 0.2) is 16.6 Å². The van der Waals surface area contributed by atoms with E-state index in [9.17, 15) is 0 Å². The van der Waals surface area contributed by atoms with Crippen LogP contribution < -0.4 is 4.90 Å². The molecule has 0 N–H and O–H groups in total. The summed E-state index contributed by atoms with van der Waals surface area (Å²) in [5, 5.41) is 0. The summed E-state index contributed by atoms with van der Waals surface area (Å²) < 4.78 is 1.21. The molecule has 0 aliphatic carbocycles. The van der Waals surface area contributed by atoms with E-state index in [4.69, 9.17) is 0 Å². The quantitative estimate of drug-likeness (QED) is 0.792. The van der Waals surface area contributed by atoms with Crippen LogP contribution in [0.1, 0.15) is 25.0 Å². The molecule has 1 rings (SSSR count). The van der Waals surface area contributed by atoms with Crippen molar-refractivity contribution in [3.05, 3.63) is 27.7 Å². The second kappa shape index (κ2) is 4.83. The third-order valence-electron chi connectivity index (χ3n) is 2.48. The molecule has 78 valence electrons. The largest absolute Gasteiger partial charge is 0.371 e. The van der Waals surface area contributed by atoms with Crippen LogP contribution in [-0.2, 0) is 0 Å². The highest BCUT2D eigenvalue weighted by Crippen LogP contribution is 2.30. The van der Waals surface area contributed by atoms with Crippen molar-refractivity contribution in [2.45, 2.75) is 27.7 Å². The number of hydrogen-bond acceptors (Lipinski definition) is 1. The van der Waals surface area contributed by atoms with Gasteiger partial charge in [-0.3, -0.25) is 0 Å². The SMILES string of the molecule is CCN(CC)c1c(C)cc(C)cc1Br. The molecule has 0 amide bonds. The first-order valence-corrected chi connectivity index (χ1v) is 5.91. The minimum absolute atomic E-state index is 1.05. The molecule has 0 radical (unpaired) electrons. The Morgan fingerprint density at radius 2 is 1.71 bits per heavy atom. The predicted molar refractivity (Wildman–Crippen MR) is 67.2 cm³/mol. The van der Waals surface area contributed by atoms with Crippen LogP contribution in [0.2, 0.25) is 0 Å². The van der Waals surface area contributed by atoms with Gasteiger partial charge in [0.15, 0.2) is 0 Å². The van der Waals surface area contributed by atoms with Gasteiger partial charge in [-0.1, -0.05) is 6.07 Å². The lowest BCUT2D eigenvalue weighted by Gasteiger charge is -2.25. The van der Waals surface area contributed by atoms with Crippen LogP contribution >= 0.6 is 15.9 Å². The predicted octanol–water partition coefficient (Wildman–Crippen LogP) is 3.91. The van der Waals surface area contributed by atoms with Crippen molar-refractivity contribution in [1.29, 1.82) is 0 Å². The summed E-state index contributed by atoms with van der Waals surface area (Å²) in [6.07, 6.45) is 0. The lowest BCUT2D eigenvalue weighted by molar-refractivity contribution is 0.858. The fraction of sp³-hybridized carbons (Fsp3) is 0.500. The van der Waals surface area contributed by atoms with E-state index in [2.05, 4.69) is 60.7 Å². The zero-order valence-corrected chi connectivity index (χ0v) is 11.0. The zero-order valence-electron chi connectivity index (χ0n) is 9.39. The molecule has 0 aliphatic rings. The number of halogens is 1. The van der Waals surface area contributed by atoms with Gasteiger partial charge in [-0.05, 0) is 60.8 Å². The fourth-order valence-electron chi connectivity index (χ4n) is 1.85. The van der Waals surface area contributed by atoms with Gasteiger partial charge in [0, 0.05) is 17.6 Å². The van der Waals surface area contributed by atoms with Crippen molar-refractivity contribution in [2.24, 2.45) is 0 Å². The van der Waals surface area contributed by atoms with Gasteiger partial charge in [-0.25, -0.2) is 0 Å². The van der Waals surface area contributed by atoms with Crippen LogP contribution in [0.25, 0.3) is 0 Å². The van der Waals surface area contributed by atoms with E-state index in [-0.39, 0.29) is 0 Å². The second-order valence-corrected chi connectivity index (χ2v) is 4.44. The standard InChI is InChI=1S/C12H18BrN/c1-5-14(6-2)12-10(4)7-9(3)8-11(12)13/h7-8H,5-6H2,1-4H3. The van der Waals surface area contributed by atoms with Crippen molar-refractivity contribution in [1.82, 2.24) is 0 Å². The van der Waals surface area contributed by atoms with Gasteiger partial charge >= 0.3 is 0 Å².